The van der Waals surface area contributed by atoms with Crippen LogP contribution in [0.4, 0.5) is 4.39 Å². The molecule has 0 spiro atoms. The molecule has 2 aromatic carbocycles. The highest BCUT2D eigenvalue weighted by Crippen LogP contribution is 2.15. The van der Waals surface area contributed by atoms with Crippen molar-refractivity contribution in [2.75, 3.05) is 6.61 Å². The van der Waals surface area contributed by atoms with Gasteiger partial charge >= 0.3 is 5.97 Å². The van der Waals surface area contributed by atoms with Crippen LogP contribution in [0.2, 0.25) is 0 Å². The second-order valence-electron chi connectivity index (χ2n) is 6.19. The van der Waals surface area contributed by atoms with Crippen molar-refractivity contribution in [1.82, 2.24) is 5.32 Å². The first-order valence-electron chi connectivity index (χ1n) is 8.18. The lowest BCUT2D eigenvalue weighted by Crippen LogP contribution is -2.31. The molecule has 2 aromatic rings. The Balaban J connectivity index is 1.84. The Morgan fingerprint density at radius 1 is 0.960 bits per heavy atom. The highest BCUT2D eigenvalue weighted by atomic mass is 19.1. The number of esters is 1. The van der Waals surface area contributed by atoms with Crippen LogP contribution in [0.25, 0.3) is 0 Å². The van der Waals surface area contributed by atoms with Crippen LogP contribution in [-0.4, -0.2) is 18.5 Å². The number of carbonyl (C=O) groups is 2. The molecule has 1 unspecified atom stereocenters. The zero-order valence-corrected chi connectivity index (χ0v) is 14.6. The molecule has 0 fully saturated rings. The van der Waals surface area contributed by atoms with Gasteiger partial charge in [-0.2, -0.15) is 0 Å². The topological polar surface area (TPSA) is 55.4 Å². The predicted molar refractivity (Wildman–Crippen MR) is 93.8 cm³/mol. The predicted octanol–water partition coefficient (Wildman–Crippen LogP) is 3.98. The smallest absolute Gasteiger partial charge is 0.338 e. The SMILES string of the molecule is CC(C)c1ccc(C(=O)OCC(=O)NC(C)c2ccc(F)cc2)cc1. The molecule has 0 bridgehead atoms. The monoisotopic (exact) mass is 343 g/mol. The third-order valence-corrected chi connectivity index (χ3v) is 3.89. The molecule has 0 heterocycles. The van der Waals surface area contributed by atoms with Crippen molar-refractivity contribution in [1.29, 1.82) is 0 Å². The number of nitrogens with one attached hydrogen (secondary N) is 1. The van der Waals surface area contributed by atoms with Gasteiger partial charge in [0.25, 0.3) is 5.91 Å². The van der Waals surface area contributed by atoms with Gasteiger partial charge in [0.1, 0.15) is 5.82 Å². The largest absolute Gasteiger partial charge is 0.452 e. The minimum atomic E-state index is -0.542. The Labute approximate surface area is 147 Å². The number of rotatable bonds is 6. The molecule has 0 aliphatic heterocycles. The van der Waals surface area contributed by atoms with E-state index in [4.69, 9.17) is 4.74 Å². The van der Waals surface area contributed by atoms with Gasteiger partial charge in [0, 0.05) is 0 Å². The van der Waals surface area contributed by atoms with Gasteiger partial charge in [-0.1, -0.05) is 38.1 Å². The molecule has 1 atom stereocenters. The van der Waals surface area contributed by atoms with Crippen LogP contribution >= 0.6 is 0 Å². The summed E-state index contributed by atoms with van der Waals surface area (Å²) in [6.07, 6.45) is 0. The summed E-state index contributed by atoms with van der Waals surface area (Å²) in [4.78, 5) is 23.9. The molecule has 0 aliphatic rings. The molecule has 4 nitrogen and oxygen atoms in total. The Bertz CT molecular complexity index is 724. The summed E-state index contributed by atoms with van der Waals surface area (Å²) in [6.45, 7) is 5.55. The number of carbonyl (C=O) groups excluding carboxylic acids is 2. The van der Waals surface area contributed by atoms with Gasteiger partial charge in [-0.05, 0) is 48.2 Å². The van der Waals surface area contributed by atoms with E-state index in [0.29, 0.717) is 11.5 Å². The van der Waals surface area contributed by atoms with Gasteiger partial charge in [-0.15, -0.1) is 0 Å². The number of halogens is 1. The van der Waals surface area contributed by atoms with E-state index in [1.807, 2.05) is 12.1 Å². The molecule has 0 radical (unpaired) electrons. The van der Waals surface area contributed by atoms with Crippen LogP contribution in [0.5, 0.6) is 0 Å². The average Bonchev–Trinajstić information content (AvgIpc) is 2.60. The zero-order chi connectivity index (χ0) is 18.4. The number of hydrogen-bond donors (Lipinski definition) is 1. The molecule has 1 N–H and O–H groups in total. The van der Waals surface area contributed by atoms with Crippen molar-refractivity contribution in [2.45, 2.75) is 32.7 Å². The van der Waals surface area contributed by atoms with E-state index >= 15 is 0 Å². The summed E-state index contributed by atoms with van der Waals surface area (Å²) in [5.41, 5.74) is 2.30. The maximum absolute atomic E-state index is 12.9. The third kappa shape index (κ3) is 5.41. The molecular weight excluding hydrogens is 321 g/mol. The van der Waals surface area contributed by atoms with Gasteiger partial charge in [0.15, 0.2) is 6.61 Å². The Kier molecular flexibility index (Phi) is 6.28. The molecule has 0 saturated heterocycles. The molecule has 132 valence electrons. The molecule has 2 rings (SSSR count). The highest BCUT2D eigenvalue weighted by Gasteiger charge is 2.13. The van der Waals surface area contributed by atoms with E-state index in [1.54, 1.807) is 31.2 Å². The number of benzene rings is 2. The lowest BCUT2D eigenvalue weighted by Gasteiger charge is -2.14. The van der Waals surface area contributed by atoms with Crippen molar-refractivity contribution in [3.63, 3.8) is 0 Å². The van der Waals surface area contributed by atoms with E-state index in [9.17, 15) is 14.0 Å². The maximum Gasteiger partial charge on any atom is 0.338 e. The van der Waals surface area contributed by atoms with Crippen molar-refractivity contribution in [2.24, 2.45) is 0 Å². The van der Waals surface area contributed by atoms with Crippen LogP contribution in [0, 0.1) is 5.82 Å². The van der Waals surface area contributed by atoms with Gasteiger partial charge in [0.2, 0.25) is 0 Å². The quantitative estimate of drug-likeness (QED) is 0.807. The van der Waals surface area contributed by atoms with Gasteiger partial charge in [-0.25, -0.2) is 9.18 Å². The van der Waals surface area contributed by atoms with Crippen molar-refractivity contribution < 1.29 is 18.7 Å². The summed E-state index contributed by atoms with van der Waals surface area (Å²) in [5, 5.41) is 2.71. The third-order valence-electron chi connectivity index (χ3n) is 3.89. The molecule has 1 amide bonds. The first-order chi connectivity index (χ1) is 11.9. The fourth-order valence-corrected chi connectivity index (χ4v) is 2.34. The highest BCUT2D eigenvalue weighted by molar-refractivity contribution is 5.91. The van der Waals surface area contributed by atoms with E-state index in [-0.39, 0.29) is 18.5 Å². The Morgan fingerprint density at radius 3 is 2.08 bits per heavy atom. The van der Waals surface area contributed by atoms with E-state index < -0.39 is 11.9 Å². The number of ether oxygens (including phenoxy) is 1. The van der Waals surface area contributed by atoms with Crippen molar-refractivity contribution >= 4 is 11.9 Å². The second kappa shape index (κ2) is 8.42. The van der Waals surface area contributed by atoms with Crippen LogP contribution in [0.1, 0.15) is 54.2 Å². The Hall–Kier alpha value is -2.69. The normalized spacial score (nSPS) is 11.9. The molecule has 5 heteroatoms. The van der Waals surface area contributed by atoms with Crippen LogP contribution in [0.3, 0.4) is 0 Å². The average molecular weight is 343 g/mol. The van der Waals surface area contributed by atoms with Gasteiger partial charge < -0.3 is 10.1 Å². The van der Waals surface area contributed by atoms with Crippen LogP contribution in [0.15, 0.2) is 48.5 Å². The molecule has 25 heavy (non-hydrogen) atoms. The zero-order valence-electron chi connectivity index (χ0n) is 14.6. The van der Waals surface area contributed by atoms with E-state index in [0.717, 1.165) is 11.1 Å². The lowest BCUT2D eigenvalue weighted by atomic mass is 10.0. The summed E-state index contributed by atoms with van der Waals surface area (Å²) in [6, 6.07) is 12.7. The van der Waals surface area contributed by atoms with E-state index in [1.165, 1.54) is 12.1 Å². The van der Waals surface area contributed by atoms with Crippen molar-refractivity contribution in [3.8, 4) is 0 Å². The summed E-state index contributed by atoms with van der Waals surface area (Å²) < 4.78 is 17.9. The standard InChI is InChI=1S/C20H22FNO3/c1-13(2)15-4-6-17(7-5-15)20(24)25-12-19(23)22-14(3)16-8-10-18(21)11-9-16/h4-11,13-14H,12H2,1-3H3,(H,22,23). The van der Waals surface area contributed by atoms with Crippen LogP contribution < -0.4 is 5.32 Å². The maximum atomic E-state index is 12.9. The number of amides is 1. The lowest BCUT2D eigenvalue weighted by molar-refractivity contribution is -0.124. The molecule has 0 aliphatic carbocycles. The summed E-state index contributed by atoms with van der Waals surface area (Å²) in [7, 11) is 0. The fraction of sp³-hybridized carbons (Fsp3) is 0.300. The van der Waals surface area contributed by atoms with Gasteiger partial charge in [-0.3, -0.25) is 4.79 Å². The molecule has 0 aromatic heterocycles. The minimum absolute atomic E-state index is 0.308. The second-order valence-corrected chi connectivity index (χ2v) is 6.19. The molecule has 0 saturated carbocycles. The van der Waals surface area contributed by atoms with Gasteiger partial charge in [0.05, 0.1) is 11.6 Å². The van der Waals surface area contributed by atoms with Crippen LogP contribution in [-0.2, 0) is 9.53 Å². The minimum Gasteiger partial charge on any atom is -0.452 e. The van der Waals surface area contributed by atoms with Crippen molar-refractivity contribution in [3.05, 3.63) is 71.0 Å². The fourth-order valence-electron chi connectivity index (χ4n) is 2.34. The summed E-state index contributed by atoms with van der Waals surface area (Å²) >= 11 is 0. The Morgan fingerprint density at radius 2 is 1.52 bits per heavy atom. The van der Waals surface area contributed by atoms with E-state index in [2.05, 4.69) is 19.2 Å². The first-order valence-corrected chi connectivity index (χ1v) is 8.18. The first kappa shape index (κ1) is 18.6. The molecular formula is C20H22FNO3. The summed E-state index contributed by atoms with van der Waals surface area (Å²) in [5.74, 6) is -0.910. The number of hydrogen-bond acceptors (Lipinski definition) is 3.